The molecular formula is C12H13ClFNO4S. The van der Waals surface area contributed by atoms with E-state index < -0.39 is 19.8 Å². The zero-order chi connectivity index (χ0) is 14.9. The molecule has 8 heteroatoms. The molecule has 0 aromatic heterocycles. The maximum atomic E-state index is 13.8. The van der Waals surface area contributed by atoms with Crippen LogP contribution in [0, 0.1) is 12.7 Å². The maximum Gasteiger partial charge on any atom is 0.264 e. The van der Waals surface area contributed by atoms with Crippen LogP contribution < -0.4 is 0 Å². The number of carbonyl (C=O) groups excluding carboxylic acids is 1. The van der Waals surface area contributed by atoms with Crippen molar-refractivity contribution >= 4 is 25.6 Å². The number of benzene rings is 1. The van der Waals surface area contributed by atoms with Gasteiger partial charge in [-0.1, -0.05) is 0 Å². The SMILES string of the molecule is Cc1cc(C(=O)N2CCOCC2)cc(S(=O)(=O)Cl)c1F. The van der Waals surface area contributed by atoms with E-state index in [1.807, 2.05) is 0 Å². The van der Waals surface area contributed by atoms with E-state index in [4.69, 9.17) is 15.4 Å². The molecule has 1 aromatic rings. The van der Waals surface area contributed by atoms with Gasteiger partial charge in [-0.15, -0.1) is 0 Å². The van der Waals surface area contributed by atoms with Crippen LogP contribution in [0.15, 0.2) is 17.0 Å². The highest BCUT2D eigenvalue weighted by atomic mass is 35.7. The lowest BCUT2D eigenvalue weighted by atomic mass is 10.1. The summed E-state index contributed by atoms with van der Waals surface area (Å²) in [6.45, 7) is 3.06. The van der Waals surface area contributed by atoms with Gasteiger partial charge in [0.15, 0.2) is 0 Å². The Morgan fingerprint density at radius 1 is 1.35 bits per heavy atom. The summed E-state index contributed by atoms with van der Waals surface area (Å²) in [5, 5.41) is 0. The van der Waals surface area contributed by atoms with Crippen LogP contribution in [-0.2, 0) is 13.8 Å². The van der Waals surface area contributed by atoms with Crippen molar-refractivity contribution in [2.75, 3.05) is 26.3 Å². The number of aryl methyl sites for hydroxylation is 1. The molecule has 110 valence electrons. The number of ether oxygens (including phenoxy) is 1. The van der Waals surface area contributed by atoms with Crippen LogP contribution >= 0.6 is 10.7 Å². The Morgan fingerprint density at radius 3 is 2.50 bits per heavy atom. The Balaban J connectivity index is 2.42. The summed E-state index contributed by atoms with van der Waals surface area (Å²) in [6.07, 6.45) is 0. The average Bonchev–Trinajstić information content (AvgIpc) is 2.40. The number of carbonyl (C=O) groups is 1. The number of morpholine rings is 1. The Bertz CT molecular complexity index is 641. The van der Waals surface area contributed by atoms with Gasteiger partial charge >= 0.3 is 0 Å². The Kier molecular flexibility index (Phi) is 4.31. The van der Waals surface area contributed by atoms with Gasteiger partial charge in [0.05, 0.1) is 13.2 Å². The van der Waals surface area contributed by atoms with Gasteiger partial charge in [0, 0.05) is 29.3 Å². The minimum absolute atomic E-state index is 0.0586. The molecule has 0 unspecified atom stereocenters. The lowest BCUT2D eigenvalue weighted by Crippen LogP contribution is -2.40. The third-order valence-electron chi connectivity index (χ3n) is 3.03. The molecule has 0 radical (unpaired) electrons. The van der Waals surface area contributed by atoms with Crippen LogP contribution in [0.2, 0.25) is 0 Å². The predicted octanol–water partition coefficient (Wildman–Crippen LogP) is 1.53. The summed E-state index contributed by atoms with van der Waals surface area (Å²) in [5.74, 6) is -1.29. The van der Waals surface area contributed by atoms with Gasteiger partial charge in [-0.2, -0.15) is 0 Å². The molecule has 1 aliphatic rings. The quantitative estimate of drug-likeness (QED) is 0.775. The van der Waals surface area contributed by atoms with Crippen LogP contribution in [0.4, 0.5) is 4.39 Å². The predicted molar refractivity (Wildman–Crippen MR) is 70.9 cm³/mol. The molecule has 1 fully saturated rings. The molecule has 1 aromatic carbocycles. The summed E-state index contributed by atoms with van der Waals surface area (Å²) in [4.78, 5) is 13.1. The highest BCUT2D eigenvalue weighted by Crippen LogP contribution is 2.24. The molecule has 1 heterocycles. The number of hydrogen-bond acceptors (Lipinski definition) is 4. The van der Waals surface area contributed by atoms with Crippen molar-refractivity contribution in [3.8, 4) is 0 Å². The second-order valence-electron chi connectivity index (χ2n) is 4.45. The molecular weight excluding hydrogens is 309 g/mol. The number of amides is 1. The van der Waals surface area contributed by atoms with E-state index in [1.165, 1.54) is 17.9 Å². The van der Waals surface area contributed by atoms with Crippen molar-refractivity contribution in [2.45, 2.75) is 11.8 Å². The van der Waals surface area contributed by atoms with Crippen molar-refractivity contribution in [1.82, 2.24) is 4.90 Å². The van der Waals surface area contributed by atoms with E-state index in [2.05, 4.69) is 0 Å². The van der Waals surface area contributed by atoms with Gasteiger partial charge in [-0.05, 0) is 24.6 Å². The van der Waals surface area contributed by atoms with E-state index in [-0.39, 0.29) is 17.0 Å². The highest BCUT2D eigenvalue weighted by molar-refractivity contribution is 8.13. The van der Waals surface area contributed by atoms with E-state index >= 15 is 0 Å². The standard InChI is InChI=1S/C12H13ClFNO4S/c1-8-6-9(7-10(11(8)14)20(13,17)18)12(16)15-2-4-19-5-3-15/h6-7H,2-5H2,1H3. The minimum Gasteiger partial charge on any atom is -0.378 e. The van der Waals surface area contributed by atoms with Crippen LogP contribution in [-0.4, -0.2) is 45.5 Å². The van der Waals surface area contributed by atoms with Crippen molar-refractivity contribution in [2.24, 2.45) is 0 Å². The normalized spacial score (nSPS) is 16.2. The molecule has 2 rings (SSSR count). The number of hydrogen-bond donors (Lipinski definition) is 0. The Morgan fingerprint density at radius 2 is 1.95 bits per heavy atom. The molecule has 1 aliphatic heterocycles. The molecule has 0 aliphatic carbocycles. The molecule has 0 saturated carbocycles. The van der Waals surface area contributed by atoms with Crippen molar-refractivity contribution in [1.29, 1.82) is 0 Å². The monoisotopic (exact) mass is 321 g/mol. The molecule has 0 N–H and O–H groups in total. The van der Waals surface area contributed by atoms with Gasteiger partial charge in [-0.25, -0.2) is 12.8 Å². The van der Waals surface area contributed by atoms with Gasteiger partial charge < -0.3 is 9.64 Å². The fraction of sp³-hybridized carbons (Fsp3) is 0.417. The van der Waals surface area contributed by atoms with Gasteiger partial charge in [0.2, 0.25) is 0 Å². The Labute approximate surface area is 120 Å². The molecule has 0 bridgehead atoms. The molecule has 0 spiro atoms. The third kappa shape index (κ3) is 3.11. The van der Waals surface area contributed by atoms with Gasteiger partial charge in [0.1, 0.15) is 10.7 Å². The van der Waals surface area contributed by atoms with Crippen LogP contribution in [0.3, 0.4) is 0 Å². The number of rotatable bonds is 2. The van der Waals surface area contributed by atoms with E-state index in [1.54, 1.807) is 0 Å². The fourth-order valence-electron chi connectivity index (χ4n) is 1.99. The molecule has 1 amide bonds. The maximum absolute atomic E-state index is 13.8. The summed E-state index contributed by atoms with van der Waals surface area (Å²) < 4.78 is 41.6. The number of nitrogens with zero attached hydrogens (tertiary/aromatic N) is 1. The smallest absolute Gasteiger partial charge is 0.264 e. The van der Waals surface area contributed by atoms with Gasteiger partial charge in [0.25, 0.3) is 15.0 Å². The molecule has 5 nitrogen and oxygen atoms in total. The third-order valence-corrected chi connectivity index (χ3v) is 4.35. The first-order valence-electron chi connectivity index (χ1n) is 5.92. The van der Waals surface area contributed by atoms with Crippen LogP contribution in [0.1, 0.15) is 15.9 Å². The first-order valence-corrected chi connectivity index (χ1v) is 8.23. The zero-order valence-electron chi connectivity index (χ0n) is 10.7. The van der Waals surface area contributed by atoms with Crippen LogP contribution in [0.5, 0.6) is 0 Å². The lowest BCUT2D eigenvalue weighted by Gasteiger charge is -2.27. The summed E-state index contributed by atoms with van der Waals surface area (Å²) in [6, 6.07) is 2.29. The van der Waals surface area contributed by atoms with Crippen molar-refractivity contribution in [3.63, 3.8) is 0 Å². The van der Waals surface area contributed by atoms with Crippen molar-refractivity contribution < 1.29 is 22.3 Å². The highest BCUT2D eigenvalue weighted by Gasteiger charge is 2.24. The minimum atomic E-state index is -4.24. The summed E-state index contributed by atoms with van der Waals surface area (Å²) in [7, 11) is 0.945. The second-order valence-corrected chi connectivity index (χ2v) is 6.98. The molecule has 20 heavy (non-hydrogen) atoms. The average molecular weight is 322 g/mol. The van der Waals surface area contributed by atoms with Crippen molar-refractivity contribution in [3.05, 3.63) is 29.1 Å². The van der Waals surface area contributed by atoms with E-state index in [9.17, 15) is 17.6 Å². The first kappa shape index (κ1) is 15.2. The second kappa shape index (κ2) is 5.67. The largest absolute Gasteiger partial charge is 0.378 e. The lowest BCUT2D eigenvalue weighted by molar-refractivity contribution is 0.0302. The number of halogens is 2. The molecule has 0 atom stereocenters. The van der Waals surface area contributed by atoms with Crippen LogP contribution in [0.25, 0.3) is 0 Å². The van der Waals surface area contributed by atoms with E-state index in [0.717, 1.165) is 6.07 Å². The topological polar surface area (TPSA) is 63.7 Å². The summed E-state index contributed by atoms with van der Waals surface area (Å²) >= 11 is 0. The summed E-state index contributed by atoms with van der Waals surface area (Å²) in [5.41, 5.74) is 0.161. The molecule has 1 saturated heterocycles. The fourth-order valence-corrected chi connectivity index (χ4v) is 2.97. The van der Waals surface area contributed by atoms with Gasteiger partial charge in [-0.3, -0.25) is 4.79 Å². The first-order chi connectivity index (χ1) is 9.30. The Hall–Kier alpha value is -1.18. The zero-order valence-corrected chi connectivity index (χ0v) is 12.3. The van der Waals surface area contributed by atoms with E-state index in [0.29, 0.717) is 26.3 Å².